The standard InChI is InChI=1S/C15H18N4/c1-2-3-4-9-19-11-12(10-18-19)13-5-7-16-15-14(13)6-8-17-15/h5-8,10-11H,2-4,9H2,1H3,(H,16,17). The Hall–Kier alpha value is -2.10. The van der Waals surface area contributed by atoms with Crippen molar-refractivity contribution in [3.63, 3.8) is 0 Å². The molecule has 0 unspecified atom stereocenters. The second-order valence-corrected chi connectivity index (χ2v) is 4.80. The molecule has 0 aliphatic heterocycles. The van der Waals surface area contributed by atoms with Crippen LogP contribution in [0.1, 0.15) is 26.2 Å². The maximum atomic E-state index is 4.44. The highest BCUT2D eigenvalue weighted by atomic mass is 15.3. The van der Waals surface area contributed by atoms with Gasteiger partial charge < -0.3 is 4.98 Å². The molecule has 98 valence electrons. The molecule has 3 heterocycles. The van der Waals surface area contributed by atoms with Gasteiger partial charge in [-0.25, -0.2) is 4.98 Å². The van der Waals surface area contributed by atoms with Gasteiger partial charge in [0.1, 0.15) is 5.65 Å². The molecule has 3 aromatic rings. The summed E-state index contributed by atoms with van der Waals surface area (Å²) in [6, 6.07) is 4.11. The number of rotatable bonds is 5. The van der Waals surface area contributed by atoms with E-state index in [-0.39, 0.29) is 0 Å². The molecule has 0 atom stereocenters. The van der Waals surface area contributed by atoms with E-state index in [1.807, 2.05) is 29.3 Å². The number of pyridine rings is 1. The van der Waals surface area contributed by atoms with Gasteiger partial charge in [0, 0.05) is 36.1 Å². The van der Waals surface area contributed by atoms with Crippen LogP contribution in [0.4, 0.5) is 0 Å². The van der Waals surface area contributed by atoms with E-state index in [0.29, 0.717) is 0 Å². The number of nitrogens with one attached hydrogen (secondary N) is 1. The first-order chi connectivity index (χ1) is 9.38. The van der Waals surface area contributed by atoms with E-state index in [0.717, 1.165) is 23.1 Å². The minimum Gasteiger partial charge on any atom is -0.346 e. The van der Waals surface area contributed by atoms with Crippen molar-refractivity contribution in [2.75, 3.05) is 0 Å². The van der Waals surface area contributed by atoms with E-state index in [4.69, 9.17) is 0 Å². The summed E-state index contributed by atoms with van der Waals surface area (Å²) in [5.41, 5.74) is 3.27. The van der Waals surface area contributed by atoms with Gasteiger partial charge in [-0.2, -0.15) is 5.10 Å². The third kappa shape index (κ3) is 2.38. The van der Waals surface area contributed by atoms with Crippen molar-refractivity contribution in [3.05, 3.63) is 36.9 Å². The lowest BCUT2D eigenvalue weighted by Crippen LogP contribution is -1.97. The van der Waals surface area contributed by atoms with Crippen molar-refractivity contribution in [2.45, 2.75) is 32.7 Å². The van der Waals surface area contributed by atoms with Gasteiger partial charge in [-0.3, -0.25) is 4.68 Å². The topological polar surface area (TPSA) is 46.5 Å². The van der Waals surface area contributed by atoms with Crippen LogP contribution in [0.5, 0.6) is 0 Å². The third-order valence-electron chi connectivity index (χ3n) is 3.40. The zero-order valence-corrected chi connectivity index (χ0v) is 11.1. The summed E-state index contributed by atoms with van der Waals surface area (Å²) < 4.78 is 2.03. The quantitative estimate of drug-likeness (QED) is 0.707. The Labute approximate surface area is 112 Å². The lowest BCUT2D eigenvalue weighted by Gasteiger charge is -2.00. The molecule has 4 heteroatoms. The molecule has 1 N–H and O–H groups in total. The Bertz CT molecular complexity index is 665. The normalized spacial score (nSPS) is 11.2. The molecule has 3 aromatic heterocycles. The SMILES string of the molecule is CCCCCn1cc(-c2ccnc3[nH]ccc23)cn1. The first-order valence-corrected chi connectivity index (χ1v) is 6.83. The molecule has 0 bridgehead atoms. The van der Waals surface area contributed by atoms with E-state index in [1.54, 1.807) is 0 Å². The molecular formula is C15H18N4. The number of aryl methyl sites for hydroxylation is 1. The molecule has 0 aliphatic rings. The Kier molecular flexibility index (Phi) is 3.31. The van der Waals surface area contributed by atoms with Crippen LogP contribution in [0.15, 0.2) is 36.9 Å². The summed E-state index contributed by atoms with van der Waals surface area (Å²) in [5, 5.41) is 5.59. The molecule has 19 heavy (non-hydrogen) atoms. The molecule has 4 nitrogen and oxygen atoms in total. The highest BCUT2D eigenvalue weighted by Gasteiger charge is 2.07. The molecule has 0 radical (unpaired) electrons. The zero-order valence-electron chi connectivity index (χ0n) is 11.1. The number of unbranched alkanes of at least 4 members (excludes halogenated alkanes) is 2. The largest absolute Gasteiger partial charge is 0.346 e. The number of nitrogens with zero attached hydrogens (tertiary/aromatic N) is 3. The summed E-state index contributed by atoms with van der Waals surface area (Å²) in [5.74, 6) is 0. The third-order valence-corrected chi connectivity index (χ3v) is 3.40. The van der Waals surface area contributed by atoms with E-state index in [1.165, 1.54) is 24.8 Å². The Morgan fingerprint density at radius 3 is 3.11 bits per heavy atom. The fourth-order valence-corrected chi connectivity index (χ4v) is 2.36. The average Bonchev–Trinajstić information content (AvgIpc) is 3.07. The second kappa shape index (κ2) is 5.26. The first-order valence-electron chi connectivity index (χ1n) is 6.83. The Morgan fingerprint density at radius 2 is 2.21 bits per heavy atom. The lowest BCUT2D eigenvalue weighted by molar-refractivity contribution is 0.553. The molecule has 0 fully saturated rings. The van der Waals surface area contributed by atoms with Crippen LogP contribution in [0.2, 0.25) is 0 Å². The lowest BCUT2D eigenvalue weighted by atomic mass is 10.1. The van der Waals surface area contributed by atoms with Crippen molar-refractivity contribution in [2.24, 2.45) is 0 Å². The molecular weight excluding hydrogens is 236 g/mol. The van der Waals surface area contributed by atoms with Crippen LogP contribution in [0.25, 0.3) is 22.2 Å². The molecule has 3 rings (SSSR count). The molecule has 0 amide bonds. The van der Waals surface area contributed by atoms with Gasteiger partial charge in [-0.15, -0.1) is 0 Å². The molecule has 0 spiro atoms. The first kappa shape index (κ1) is 12.0. The Balaban J connectivity index is 1.88. The molecule has 0 saturated heterocycles. The van der Waals surface area contributed by atoms with Gasteiger partial charge in [0.05, 0.1) is 6.20 Å². The van der Waals surface area contributed by atoms with Crippen molar-refractivity contribution >= 4 is 11.0 Å². The van der Waals surface area contributed by atoms with Crippen molar-refractivity contribution in [1.29, 1.82) is 0 Å². The van der Waals surface area contributed by atoms with Gasteiger partial charge in [-0.1, -0.05) is 19.8 Å². The molecule has 0 saturated carbocycles. The summed E-state index contributed by atoms with van der Waals surface area (Å²) in [7, 11) is 0. The monoisotopic (exact) mass is 254 g/mol. The maximum absolute atomic E-state index is 4.44. The predicted molar refractivity (Wildman–Crippen MR) is 76.8 cm³/mol. The second-order valence-electron chi connectivity index (χ2n) is 4.80. The fraction of sp³-hybridized carbons (Fsp3) is 0.333. The van der Waals surface area contributed by atoms with Gasteiger partial charge in [-0.05, 0) is 24.1 Å². The Morgan fingerprint density at radius 1 is 1.26 bits per heavy atom. The minimum atomic E-state index is 0.927. The van der Waals surface area contributed by atoms with Crippen LogP contribution >= 0.6 is 0 Å². The number of fused-ring (bicyclic) bond motifs is 1. The zero-order chi connectivity index (χ0) is 13.1. The average molecular weight is 254 g/mol. The maximum Gasteiger partial charge on any atom is 0.137 e. The van der Waals surface area contributed by atoms with Gasteiger partial charge in [0.15, 0.2) is 0 Å². The van der Waals surface area contributed by atoms with Crippen molar-refractivity contribution in [3.8, 4) is 11.1 Å². The predicted octanol–water partition coefficient (Wildman–Crippen LogP) is 3.62. The number of hydrogen-bond donors (Lipinski definition) is 1. The van der Waals surface area contributed by atoms with Crippen molar-refractivity contribution in [1.82, 2.24) is 19.7 Å². The highest BCUT2D eigenvalue weighted by molar-refractivity contribution is 5.92. The summed E-state index contributed by atoms with van der Waals surface area (Å²) in [6.45, 7) is 3.21. The van der Waals surface area contributed by atoms with E-state index in [2.05, 4.69) is 34.3 Å². The van der Waals surface area contributed by atoms with E-state index in [9.17, 15) is 0 Å². The summed E-state index contributed by atoms with van der Waals surface area (Å²) in [6.07, 6.45) is 11.5. The fourth-order valence-electron chi connectivity index (χ4n) is 2.36. The van der Waals surface area contributed by atoms with Crippen LogP contribution in [0, 0.1) is 0 Å². The molecule has 0 aliphatic carbocycles. The van der Waals surface area contributed by atoms with Crippen molar-refractivity contribution < 1.29 is 0 Å². The van der Waals surface area contributed by atoms with Crippen LogP contribution in [0.3, 0.4) is 0 Å². The molecule has 0 aromatic carbocycles. The number of aromatic nitrogens is 4. The van der Waals surface area contributed by atoms with Crippen LogP contribution in [-0.2, 0) is 6.54 Å². The highest BCUT2D eigenvalue weighted by Crippen LogP contribution is 2.26. The smallest absolute Gasteiger partial charge is 0.137 e. The number of H-pyrrole nitrogens is 1. The van der Waals surface area contributed by atoms with Gasteiger partial charge >= 0.3 is 0 Å². The van der Waals surface area contributed by atoms with Gasteiger partial charge in [0.2, 0.25) is 0 Å². The minimum absolute atomic E-state index is 0.927. The van der Waals surface area contributed by atoms with E-state index < -0.39 is 0 Å². The van der Waals surface area contributed by atoms with E-state index >= 15 is 0 Å². The summed E-state index contributed by atoms with van der Waals surface area (Å²) >= 11 is 0. The number of aromatic amines is 1. The van der Waals surface area contributed by atoms with Crippen LogP contribution < -0.4 is 0 Å². The summed E-state index contributed by atoms with van der Waals surface area (Å²) in [4.78, 5) is 7.45. The van der Waals surface area contributed by atoms with Gasteiger partial charge in [0.25, 0.3) is 0 Å². The van der Waals surface area contributed by atoms with Crippen LogP contribution in [-0.4, -0.2) is 19.7 Å². The number of hydrogen-bond acceptors (Lipinski definition) is 2.